The first kappa shape index (κ1) is 14.9. The van der Waals surface area contributed by atoms with Gasteiger partial charge in [-0.1, -0.05) is 18.5 Å². The molecule has 0 spiro atoms. The van der Waals surface area contributed by atoms with Gasteiger partial charge in [0.25, 0.3) is 0 Å². The van der Waals surface area contributed by atoms with Gasteiger partial charge in [0.05, 0.1) is 17.0 Å². The van der Waals surface area contributed by atoms with Crippen LogP contribution in [-0.2, 0) is 4.74 Å². The molecule has 5 heteroatoms. The van der Waals surface area contributed by atoms with Crippen molar-refractivity contribution in [3.63, 3.8) is 0 Å². The van der Waals surface area contributed by atoms with Crippen LogP contribution in [0.25, 0.3) is 0 Å². The van der Waals surface area contributed by atoms with Crippen LogP contribution in [0.1, 0.15) is 24.3 Å². The van der Waals surface area contributed by atoms with Crippen molar-refractivity contribution in [2.75, 3.05) is 27.3 Å². The summed E-state index contributed by atoms with van der Waals surface area (Å²) in [5, 5.41) is 0. The van der Waals surface area contributed by atoms with Gasteiger partial charge in [-0.05, 0) is 25.6 Å². The summed E-state index contributed by atoms with van der Waals surface area (Å²) in [6.45, 7) is 3.68. The highest BCUT2D eigenvalue weighted by Gasteiger charge is 2.24. The Bertz CT molecular complexity index is 332. The zero-order valence-corrected chi connectivity index (χ0v) is 12.2. The maximum absolute atomic E-state index is 6.21. The third-order valence-corrected chi connectivity index (χ3v) is 4.19. The fraction of sp³-hybridized carbons (Fsp3) is 0.667. The number of hydrogen-bond donors (Lipinski definition) is 1. The summed E-state index contributed by atoms with van der Waals surface area (Å²) < 4.78 is 5.93. The van der Waals surface area contributed by atoms with Crippen LogP contribution in [-0.4, -0.2) is 38.3 Å². The zero-order chi connectivity index (χ0) is 12.8. The van der Waals surface area contributed by atoms with Crippen LogP contribution in [0.4, 0.5) is 0 Å². The fourth-order valence-electron chi connectivity index (χ4n) is 1.84. The summed E-state index contributed by atoms with van der Waals surface area (Å²) in [7, 11) is 3.79. The van der Waals surface area contributed by atoms with E-state index in [0.717, 1.165) is 17.3 Å². The maximum Gasteiger partial charge on any atom is 0.0931 e. The Morgan fingerprint density at radius 2 is 2.24 bits per heavy atom. The number of rotatable bonds is 7. The Hall–Kier alpha value is -0.130. The van der Waals surface area contributed by atoms with Crippen molar-refractivity contribution in [1.29, 1.82) is 0 Å². The number of nitrogens with two attached hydrogens (primary N) is 1. The van der Waals surface area contributed by atoms with Crippen LogP contribution < -0.4 is 5.73 Å². The highest BCUT2D eigenvalue weighted by atomic mass is 35.5. The second-order valence-electron chi connectivity index (χ2n) is 4.13. The minimum atomic E-state index is 0.117. The van der Waals surface area contributed by atoms with E-state index < -0.39 is 0 Å². The Morgan fingerprint density at radius 3 is 2.71 bits per heavy atom. The van der Waals surface area contributed by atoms with Crippen molar-refractivity contribution >= 4 is 22.9 Å². The zero-order valence-electron chi connectivity index (χ0n) is 10.6. The van der Waals surface area contributed by atoms with Crippen LogP contribution in [0, 0.1) is 0 Å². The molecule has 1 aromatic rings. The van der Waals surface area contributed by atoms with E-state index in [4.69, 9.17) is 22.1 Å². The van der Waals surface area contributed by atoms with E-state index in [2.05, 4.69) is 24.9 Å². The molecule has 0 saturated heterocycles. The minimum absolute atomic E-state index is 0.117. The highest BCUT2D eigenvalue weighted by Crippen LogP contribution is 2.32. The van der Waals surface area contributed by atoms with Gasteiger partial charge in [-0.3, -0.25) is 4.90 Å². The molecule has 0 saturated carbocycles. The van der Waals surface area contributed by atoms with E-state index in [-0.39, 0.29) is 12.1 Å². The standard InChI is InChI=1S/C12H21ClN2OS/c1-4-9(14)12(15(2)7-8-16-3)10-5-6-11(13)17-10/h5-6,9,12H,4,7-8,14H2,1-3H3. The maximum atomic E-state index is 6.21. The Kier molecular flexibility index (Phi) is 6.44. The van der Waals surface area contributed by atoms with Crippen molar-refractivity contribution in [3.8, 4) is 0 Å². The van der Waals surface area contributed by atoms with Crippen molar-refractivity contribution in [1.82, 2.24) is 4.90 Å². The van der Waals surface area contributed by atoms with Crippen molar-refractivity contribution in [3.05, 3.63) is 21.3 Å². The molecule has 17 heavy (non-hydrogen) atoms. The molecule has 1 heterocycles. The largest absolute Gasteiger partial charge is 0.383 e. The third kappa shape index (κ3) is 4.23. The van der Waals surface area contributed by atoms with Gasteiger partial charge in [-0.25, -0.2) is 0 Å². The van der Waals surface area contributed by atoms with Gasteiger partial charge in [0.15, 0.2) is 0 Å². The molecule has 0 amide bonds. The van der Waals surface area contributed by atoms with Gasteiger partial charge < -0.3 is 10.5 Å². The van der Waals surface area contributed by atoms with Crippen LogP contribution >= 0.6 is 22.9 Å². The van der Waals surface area contributed by atoms with Crippen LogP contribution in [0.15, 0.2) is 12.1 Å². The number of halogens is 1. The van der Waals surface area contributed by atoms with E-state index in [1.54, 1.807) is 18.4 Å². The molecule has 0 aliphatic heterocycles. The Balaban J connectivity index is 2.80. The number of thiophene rings is 1. The lowest BCUT2D eigenvalue weighted by molar-refractivity contribution is 0.129. The first-order valence-electron chi connectivity index (χ1n) is 5.80. The average Bonchev–Trinajstić information content (AvgIpc) is 2.73. The summed E-state index contributed by atoms with van der Waals surface area (Å²) in [5.74, 6) is 0. The number of ether oxygens (including phenoxy) is 1. The summed E-state index contributed by atoms with van der Waals surface area (Å²) in [4.78, 5) is 3.46. The van der Waals surface area contributed by atoms with Crippen molar-refractivity contribution in [2.45, 2.75) is 25.4 Å². The molecule has 1 aromatic heterocycles. The lowest BCUT2D eigenvalue weighted by Gasteiger charge is -2.31. The van der Waals surface area contributed by atoms with Crippen LogP contribution in [0.5, 0.6) is 0 Å². The first-order valence-corrected chi connectivity index (χ1v) is 6.99. The first-order chi connectivity index (χ1) is 8.10. The Labute approximate surface area is 113 Å². The summed E-state index contributed by atoms with van der Waals surface area (Å²) >= 11 is 7.60. The molecule has 0 aliphatic carbocycles. The molecule has 0 bridgehead atoms. The quantitative estimate of drug-likeness (QED) is 0.832. The van der Waals surface area contributed by atoms with Gasteiger partial charge in [-0.2, -0.15) is 0 Å². The number of hydrogen-bond acceptors (Lipinski definition) is 4. The summed E-state index contributed by atoms with van der Waals surface area (Å²) in [6, 6.07) is 4.33. The van der Waals surface area contributed by atoms with Gasteiger partial charge >= 0.3 is 0 Å². The van der Waals surface area contributed by atoms with E-state index in [9.17, 15) is 0 Å². The molecule has 0 fully saturated rings. The molecule has 1 rings (SSSR count). The van der Waals surface area contributed by atoms with Gasteiger partial charge in [0.2, 0.25) is 0 Å². The van der Waals surface area contributed by atoms with Crippen molar-refractivity contribution < 1.29 is 4.74 Å². The van der Waals surface area contributed by atoms with Crippen LogP contribution in [0.2, 0.25) is 4.34 Å². The molecule has 2 atom stereocenters. The van der Waals surface area contributed by atoms with Crippen molar-refractivity contribution in [2.24, 2.45) is 5.73 Å². The Morgan fingerprint density at radius 1 is 1.53 bits per heavy atom. The van der Waals surface area contributed by atoms with Gasteiger partial charge in [0.1, 0.15) is 0 Å². The number of methoxy groups -OCH3 is 1. The van der Waals surface area contributed by atoms with Crippen LogP contribution in [0.3, 0.4) is 0 Å². The predicted molar refractivity (Wildman–Crippen MR) is 74.8 cm³/mol. The SMILES string of the molecule is CCC(N)C(c1ccc(Cl)s1)N(C)CCOC. The number of likely N-dealkylation sites (N-methyl/N-ethyl adjacent to an activating group) is 1. The van der Waals surface area contributed by atoms with E-state index >= 15 is 0 Å². The van der Waals surface area contributed by atoms with E-state index in [1.807, 2.05) is 6.07 Å². The van der Waals surface area contributed by atoms with Gasteiger partial charge in [-0.15, -0.1) is 11.3 Å². The number of nitrogens with zero attached hydrogens (tertiary/aromatic N) is 1. The summed E-state index contributed by atoms with van der Waals surface area (Å²) in [6.07, 6.45) is 0.942. The van der Waals surface area contributed by atoms with E-state index in [1.165, 1.54) is 4.88 Å². The molecule has 0 aliphatic rings. The molecule has 0 radical (unpaired) electrons. The average molecular weight is 277 g/mol. The fourth-order valence-corrected chi connectivity index (χ4v) is 3.14. The molecular formula is C12H21ClN2OS. The second-order valence-corrected chi connectivity index (χ2v) is 5.88. The normalized spacial score (nSPS) is 15.2. The highest BCUT2D eigenvalue weighted by molar-refractivity contribution is 7.16. The molecule has 2 N–H and O–H groups in total. The van der Waals surface area contributed by atoms with Gasteiger partial charge in [0, 0.05) is 24.6 Å². The lowest BCUT2D eigenvalue weighted by Crippen LogP contribution is -2.39. The molecule has 3 nitrogen and oxygen atoms in total. The smallest absolute Gasteiger partial charge is 0.0931 e. The molecule has 0 aromatic carbocycles. The topological polar surface area (TPSA) is 38.5 Å². The molecular weight excluding hydrogens is 256 g/mol. The third-order valence-electron chi connectivity index (χ3n) is 2.89. The summed E-state index contributed by atoms with van der Waals surface area (Å²) in [5.41, 5.74) is 6.21. The predicted octanol–water partition coefficient (Wildman–Crippen LogP) is 2.76. The molecule has 98 valence electrons. The monoisotopic (exact) mass is 276 g/mol. The lowest BCUT2D eigenvalue weighted by atomic mass is 10.0. The minimum Gasteiger partial charge on any atom is -0.383 e. The molecule has 2 unspecified atom stereocenters. The second kappa shape index (κ2) is 7.34. The van der Waals surface area contributed by atoms with E-state index in [0.29, 0.717) is 6.61 Å².